The van der Waals surface area contributed by atoms with E-state index in [0.29, 0.717) is 21.6 Å². The summed E-state index contributed by atoms with van der Waals surface area (Å²) in [6.45, 7) is 4.60. The highest BCUT2D eigenvalue weighted by Gasteiger charge is 2.26. The van der Waals surface area contributed by atoms with Crippen molar-refractivity contribution < 1.29 is 9.59 Å². The summed E-state index contributed by atoms with van der Waals surface area (Å²) in [4.78, 5) is 27.3. The molecule has 2 rings (SSSR count). The third kappa shape index (κ3) is 6.91. The topological polar surface area (TPSA) is 49.4 Å². The Labute approximate surface area is 187 Å². The maximum absolute atomic E-state index is 13.1. The Bertz CT molecular complexity index is 858. The Balaban J connectivity index is 2.22. The van der Waals surface area contributed by atoms with Gasteiger partial charge in [-0.1, -0.05) is 72.4 Å². The summed E-state index contributed by atoms with van der Waals surface area (Å²) in [6, 6.07) is 11.7. The Morgan fingerprint density at radius 3 is 2.41 bits per heavy atom. The van der Waals surface area contributed by atoms with Gasteiger partial charge in [-0.3, -0.25) is 9.59 Å². The Morgan fingerprint density at radius 1 is 1.03 bits per heavy atom. The van der Waals surface area contributed by atoms with E-state index in [1.54, 1.807) is 36.1 Å². The second-order valence-electron chi connectivity index (χ2n) is 6.86. The van der Waals surface area contributed by atoms with Crippen LogP contribution in [0.25, 0.3) is 0 Å². The van der Waals surface area contributed by atoms with Gasteiger partial charge in [0.05, 0.1) is 16.5 Å². The summed E-state index contributed by atoms with van der Waals surface area (Å²) in [5.41, 5.74) is 1.51. The van der Waals surface area contributed by atoms with Gasteiger partial charge < -0.3 is 10.2 Å². The van der Waals surface area contributed by atoms with Gasteiger partial charge in [0.25, 0.3) is 0 Å². The molecule has 0 aromatic heterocycles. The second-order valence-corrected chi connectivity index (χ2v) is 8.08. The molecule has 156 valence electrons. The number of carbonyl (C=O) groups excluding carboxylic acids is 2. The standard InChI is InChI=1S/C22H25Cl3N2O2/c1-3-4-11-26-22(29)15(2)27(14-17-7-5-6-8-18(17)23)21(28)13-16-9-10-19(24)20(25)12-16/h5-10,12,15H,3-4,11,13-14H2,1-2H3,(H,26,29)/t15-/m1/s1. The number of nitrogens with zero attached hydrogens (tertiary/aromatic N) is 1. The minimum Gasteiger partial charge on any atom is -0.354 e. The van der Waals surface area contributed by atoms with E-state index in [-0.39, 0.29) is 24.8 Å². The molecule has 0 saturated carbocycles. The molecule has 0 aliphatic rings. The fraction of sp³-hybridized carbons (Fsp3) is 0.364. The van der Waals surface area contributed by atoms with Gasteiger partial charge in [0.15, 0.2) is 0 Å². The van der Waals surface area contributed by atoms with E-state index in [2.05, 4.69) is 12.2 Å². The Morgan fingerprint density at radius 2 is 1.76 bits per heavy atom. The van der Waals surface area contributed by atoms with Crippen molar-refractivity contribution in [2.24, 2.45) is 0 Å². The molecule has 1 N–H and O–H groups in total. The van der Waals surface area contributed by atoms with Crippen LogP contribution in [0.2, 0.25) is 15.1 Å². The van der Waals surface area contributed by atoms with E-state index in [1.165, 1.54) is 0 Å². The van der Waals surface area contributed by atoms with Crippen LogP contribution in [0, 0.1) is 0 Å². The molecule has 0 heterocycles. The number of nitrogens with one attached hydrogen (secondary N) is 1. The molecule has 0 bridgehead atoms. The zero-order valence-electron chi connectivity index (χ0n) is 16.6. The van der Waals surface area contributed by atoms with E-state index in [0.717, 1.165) is 24.0 Å². The van der Waals surface area contributed by atoms with E-state index in [1.807, 2.05) is 18.2 Å². The highest BCUT2D eigenvalue weighted by molar-refractivity contribution is 6.42. The molecule has 0 aliphatic carbocycles. The van der Waals surface area contributed by atoms with Gasteiger partial charge in [-0.05, 0) is 42.7 Å². The van der Waals surface area contributed by atoms with Crippen molar-refractivity contribution in [2.75, 3.05) is 6.54 Å². The van der Waals surface area contributed by atoms with Gasteiger partial charge in [0.1, 0.15) is 6.04 Å². The molecule has 2 aromatic carbocycles. The Hall–Kier alpha value is -1.75. The highest BCUT2D eigenvalue weighted by Crippen LogP contribution is 2.24. The second kappa shape index (κ2) is 11.4. The van der Waals surface area contributed by atoms with Gasteiger partial charge in [-0.2, -0.15) is 0 Å². The quantitative estimate of drug-likeness (QED) is 0.506. The van der Waals surface area contributed by atoms with Crippen molar-refractivity contribution in [2.45, 2.75) is 45.7 Å². The predicted octanol–water partition coefficient (Wildman–Crippen LogP) is 5.52. The number of hydrogen-bond acceptors (Lipinski definition) is 2. The van der Waals surface area contributed by atoms with Crippen LogP contribution in [0.15, 0.2) is 42.5 Å². The van der Waals surface area contributed by atoms with Crippen LogP contribution >= 0.6 is 34.8 Å². The lowest BCUT2D eigenvalue weighted by atomic mass is 10.1. The molecule has 0 spiro atoms. The molecular weight excluding hydrogens is 431 g/mol. The molecule has 2 amide bonds. The van der Waals surface area contributed by atoms with Gasteiger partial charge in [-0.15, -0.1) is 0 Å². The molecule has 4 nitrogen and oxygen atoms in total. The number of halogens is 3. The summed E-state index contributed by atoms with van der Waals surface area (Å²) in [6.07, 6.45) is 1.97. The summed E-state index contributed by atoms with van der Waals surface area (Å²) < 4.78 is 0. The molecule has 29 heavy (non-hydrogen) atoms. The van der Waals surface area contributed by atoms with Crippen molar-refractivity contribution in [3.05, 3.63) is 68.7 Å². The lowest BCUT2D eigenvalue weighted by Gasteiger charge is -2.29. The lowest BCUT2D eigenvalue weighted by Crippen LogP contribution is -2.48. The fourth-order valence-corrected chi connectivity index (χ4v) is 3.37. The summed E-state index contributed by atoms with van der Waals surface area (Å²) in [5, 5.41) is 4.27. The predicted molar refractivity (Wildman–Crippen MR) is 120 cm³/mol. The van der Waals surface area contributed by atoms with E-state index in [9.17, 15) is 9.59 Å². The number of carbonyl (C=O) groups is 2. The average molecular weight is 456 g/mol. The number of hydrogen-bond donors (Lipinski definition) is 1. The van der Waals surface area contributed by atoms with Crippen LogP contribution in [-0.2, 0) is 22.6 Å². The zero-order chi connectivity index (χ0) is 21.4. The first-order valence-corrected chi connectivity index (χ1v) is 10.7. The molecule has 1 atom stereocenters. The minimum atomic E-state index is -0.640. The minimum absolute atomic E-state index is 0.105. The highest BCUT2D eigenvalue weighted by atomic mass is 35.5. The average Bonchev–Trinajstić information content (AvgIpc) is 2.69. The maximum atomic E-state index is 13.1. The zero-order valence-corrected chi connectivity index (χ0v) is 18.8. The molecule has 0 unspecified atom stereocenters. The third-order valence-electron chi connectivity index (χ3n) is 4.63. The first kappa shape index (κ1) is 23.5. The SMILES string of the molecule is CCCCNC(=O)[C@@H](C)N(Cc1ccccc1Cl)C(=O)Cc1ccc(Cl)c(Cl)c1. The normalized spacial score (nSPS) is 11.8. The van der Waals surface area contributed by atoms with Gasteiger partial charge >= 0.3 is 0 Å². The van der Waals surface area contributed by atoms with Crippen LogP contribution in [-0.4, -0.2) is 29.3 Å². The largest absolute Gasteiger partial charge is 0.354 e. The first-order valence-electron chi connectivity index (χ1n) is 9.58. The Kier molecular flexibility index (Phi) is 9.28. The molecule has 0 radical (unpaired) electrons. The molecule has 2 aromatic rings. The maximum Gasteiger partial charge on any atom is 0.242 e. The van der Waals surface area contributed by atoms with Crippen LogP contribution < -0.4 is 5.32 Å². The molecule has 7 heteroatoms. The number of amides is 2. The van der Waals surface area contributed by atoms with Crippen molar-refractivity contribution in [1.82, 2.24) is 10.2 Å². The van der Waals surface area contributed by atoms with E-state index in [4.69, 9.17) is 34.8 Å². The summed E-state index contributed by atoms with van der Waals surface area (Å²) in [7, 11) is 0. The van der Waals surface area contributed by atoms with Crippen LogP contribution in [0.3, 0.4) is 0 Å². The number of benzene rings is 2. The van der Waals surface area contributed by atoms with E-state index < -0.39 is 6.04 Å². The van der Waals surface area contributed by atoms with Crippen LogP contribution in [0.4, 0.5) is 0 Å². The van der Waals surface area contributed by atoms with Gasteiger partial charge in [0, 0.05) is 18.1 Å². The van der Waals surface area contributed by atoms with Gasteiger partial charge in [-0.25, -0.2) is 0 Å². The first-order chi connectivity index (χ1) is 13.8. The number of unbranched alkanes of at least 4 members (excludes halogenated alkanes) is 1. The van der Waals surface area contributed by atoms with Crippen LogP contribution in [0.5, 0.6) is 0 Å². The van der Waals surface area contributed by atoms with Crippen molar-refractivity contribution in [1.29, 1.82) is 0 Å². The van der Waals surface area contributed by atoms with Crippen molar-refractivity contribution >= 4 is 46.6 Å². The molecule has 0 fully saturated rings. The monoisotopic (exact) mass is 454 g/mol. The van der Waals surface area contributed by atoms with Crippen molar-refractivity contribution in [3.8, 4) is 0 Å². The number of rotatable bonds is 9. The third-order valence-corrected chi connectivity index (χ3v) is 5.74. The summed E-state index contributed by atoms with van der Waals surface area (Å²) in [5.74, 6) is -0.380. The fourth-order valence-electron chi connectivity index (χ4n) is 2.85. The van der Waals surface area contributed by atoms with E-state index >= 15 is 0 Å². The molecule has 0 aliphatic heterocycles. The van der Waals surface area contributed by atoms with Crippen LogP contribution in [0.1, 0.15) is 37.8 Å². The molecule has 0 saturated heterocycles. The summed E-state index contributed by atoms with van der Waals surface area (Å²) >= 11 is 18.3. The molecular formula is C22H25Cl3N2O2. The van der Waals surface area contributed by atoms with Crippen molar-refractivity contribution in [3.63, 3.8) is 0 Å². The van der Waals surface area contributed by atoms with Gasteiger partial charge in [0.2, 0.25) is 11.8 Å². The smallest absolute Gasteiger partial charge is 0.242 e. The lowest BCUT2D eigenvalue weighted by molar-refractivity contribution is -0.140.